The van der Waals surface area contributed by atoms with Crippen LogP contribution in [0.5, 0.6) is 0 Å². The molecular weight excluding hydrogens is 231 g/mol. The van der Waals surface area contributed by atoms with Crippen molar-refractivity contribution in [3.63, 3.8) is 0 Å². The van der Waals surface area contributed by atoms with Gasteiger partial charge in [-0.15, -0.1) is 5.10 Å². The predicted molar refractivity (Wildman–Crippen MR) is 58.5 cm³/mol. The Labute approximate surface area is 98.4 Å². The molecule has 0 aromatic carbocycles. The summed E-state index contributed by atoms with van der Waals surface area (Å²) in [5.74, 6) is 0. The molecule has 1 rings (SSSR count). The molecule has 0 aliphatic carbocycles. The minimum absolute atomic E-state index is 0.181. The minimum Gasteiger partial charge on any atom is -0.314 e. The second-order valence-corrected chi connectivity index (χ2v) is 3.97. The molecule has 1 aromatic rings. The molecule has 3 nitrogen and oxygen atoms in total. The number of halogens is 3. The van der Waals surface area contributed by atoms with Gasteiger partial charge in [0.2, 0.25) is 0 Å². The normalized spacial score (nSPS) is 13.7. The summed E-state index contributed by atoms with van der Waals surface area (Å²) >= 11 is 0. The highest BCUT2D eigenvalue weighted by Crippen LogP contribution is 2.26. The predicted octanol–water partition coefficient (Wildman–Crippen LogP) is 2.43. The van der Waals surface area contributed by atoms with Crippen molar-refractivity contribution in [1.29, 1.82) is 0 Å². The molecule has 96 valence electrons. The van der Waals surface area contributed by atoms with Crippen LogP contribution in [-0.4, -0.2) is 22.8 Å². The highest BCUT2D eigenvalue weighted by Gasteiger charge is 2.32. The molecule has 1 atom stereocenters. The standard InChI is InChI=1S/C11H16F3N3/c1-3-6-15-8(2)7-9-4-5-10(17-16-9)11(12,13)14/h4-5,8,15H,3,6-7H2,1-2H3. The molecule has 0 fully saturated rings. The van der Waals surface area contributed by atoms with Crippen molar-refractivity contribution >= 4 is 0 Å². The highest BCUT2D eigenvalue weighted by molar-refractivity contribution is 5.10. The molecule has 1 heterocycles. The molecule has 0 radical (unpaired) electrons. The van der Waals surface area contributed by atoms with E-state index < -0.39 is 11.9 Å². The van der Waals surface area contributed by atoms with Crippen molar-refractivity contribution in [2.75, 3.05) is 6.54 Å². The molecule has 0 saturated heterocycles. The van der Waals surface area contributed by atoms with Crippen molar-refractivity contribution < 1.29 is 13.2 Å². The second kappa shape index (κ2) is 5.95. The molecule has 17 heavy (non-hydrogen) atoms. The van der Waals surface area contributed by atoms with E-state index in [4.69, 9.17) is 0 Å². The summed E-state index contributed by atoms with van der Waals surface area (Å²) in [6.07, 6.45) is -2.83. The smallest absolute Gasteiger partial charge is 0.314 e. The summed E-state index contributed by atoms with van der Waals surface area (Å²) in [6, 6.07) is 2.52. The largest absolute Gasteiger partial charge is 0.435 e. The van der Waals surface area contributed by atoms with E-state index in [0.717, 1.165) is 19.0 Å². The van der Waals surface area contributed by atoms with Gasteiger partial charge in [-0.1, -0.05) is 6.92 Å². The Bertz CT molecular complexity index is 335. The first-order valence-corrected chi connectivity index (χ1v) is 5.56. The summed E-state index contributed by atoms with van der Waals surface area (Å²) in [7, 11) is 0. The molecule has 1 aromatic heterocycles. The number of aromatic nitrogens is 2. The van der Waals surface area contributed by atoms with Gasteiger partial charge in [-0.05, 0) is 32.0 Å². The fourth-order valence-electron chi connectivity index (χ4n) is 1.40. The molecular formula is C11H16F3N3. The van der Waals surface area contributed by atoms with Gasteiger partial charge in [0.1, 0.15) is 0 Å². The van der Waals surface area contributed by atoms with E-state index in [-0.39, 0.29) is 6.04 Å². The molecule has 0 aliphatic heterocycles. The Morgan fingerprint density at radius 2 is 2.00 bits per heavy atom. The average Bonchev–Trinajstić information content (AvgIpc) is 2.26. The fraction of sp³-hybridized carbons (Fsp3) is 0.636. The van der Waals surface area contributed by atoms with E-state index in [1.54, 1.807) is 0 Å². The zero-order valence-electron chi connectivity index (χ0n) is 9.88. The van der Waals surface area contributed by atoms with E-state index in [1.807, 2.05) is 6.92 Å². The lowest BCUT2D eigenvalue weighted by atomic mass is 10.1. The monoisotopic (exact) mass is 247 g/mol. The molecule has 0 amide bonds. The fourth-order valence-corrected chi connectivity index (χ4v) is 1.40. The van der Waals surface area contributed by atoms with Crippen molar-refractivity contribution in [3.05, 3.63) is 23.5 Å². The molecule has 6 heteroatoms. The van der Waals surface area contributed by atoms with Gasteiger partial charge in [-0.25, -0.2) is 0 Å². The van der Waals surface area contributed by atoms with Crippen molar-refractivity contribution in [1.82, 2.24) is 15.5 Å². The van der Waals surface area contributed by atoms with Crippen LogP contribution in [0.15, 0.2) is 12.1 Å². The lowest BCUT2D eigenvalue weighted by molar-refractivity contribution is -0.141. The first kappa shape index (κ1) is 13.9. The zero-order valence-corrected chi connectivity index (χ0v) is 9.88. The first-order valence-electron chi connectivity index (χ1n) is 5.56. The Morgan fingerprint density at radius 1 is 1.29 bits per heavy atom. The topological polar surface area (TPSA) is 37.8 Å². The van der Waals surface area contributed by atoms with Crippen LogP contribution in [0.25, 0.3) is 0 Å². The number of nitrogens with one attached hydrogen (secondary N) is 1. The van der Waals surface area contributed by atoms with Gasteiger partial charge in [0.15, 0.2) is 5.69 Å². The summed E-state index contributed by atoms with van der Waals surface area (Å²) in [5, 5.41) is 10.00. The van der Waals surface area contributed by atoms with Crippen molar-refractivity contribution in [2.45, 2.75) is 38.9 Å². The molecule has 0 spiro atoms. The number of nitrogens with zero attached hydrogens (tertiary/aromatic N) is 2. The van der Waals surface area contributed by atoms with Crippen molar-refractivity contribution in [3.8, 4) is 0 Å². The Hall–Kier alpha value is -1.17. The Balaban J connectivity index is 2.56. The maximum Gasteiger partial charge on any atom is 0.435 e. The lowest BCUT2D eigenvalue weighted by Gasteiger charge is -2.12. The van der Waals surface area contributed by atoms with E-state index in [9.17, 15) is 13.2 Å². The molecule has 1 N–H and O–H groups in total. The summed E-state index contributed by atoms with van der Waals surface area (Å²) in [6.45, 7) is 4.90. The molecule has 1 unspecified atom stereocenters. The second-order valence-electron chi connectivity index (χ2n) is 3.97. The van der Waals surface area contributed by atoms with Crippen LogP contribution in [0.1, 0.15) is 31.7 Å². The number of rotatable bonds is 5. The van der Waals surface area contributed by atoms with Gasteiger partial charge in [0.05, 0.1) is 5.69 Å². The van der Waals surface area contributed by atoms with Gasteiger partial charge in [0.25, 0.3) is 0 Å². The summed E-state index contributed by atoms with van der Waals surface area (Å²) in [4.78, 5) is 0. The number of alkyl halides is 3. The SMILES string of the molecule is CCCNC(C)Cc1ccc(C(F)(F)F)nn1. The highest BCUT2D eigenvalue weighted by atomic mass is 19.4. The van der Waals surface area contributed by atoms with Gasteiger partial charge in [-0.3, -0.25) is 0 Å². The third kappa shape index (κ3) is 4.68. The third-order valence-corrected chi connectivity index (χ3v) is 2.27. The van der Waals surface area contributed by atoms with Crippen LogP contribution < -0.4 is 5.32 Å². The summed E-state index contributed by atoms with van der Waals surface area (Å²) < 4.78 is 36.7. The van der Waals surface area contributed by atoms with E-state index in [0.29, 0.717) is 12.1 Å². The van der Waals surface area contributed by atoms with Crippen LogP contribution in [0.3, 0.4) is 0 Å². The van der Waals surface area contributed by atoms with Crippen LogP contribution in [-0.2, 0) is 12.6 Å². The van der Waals surface area contributed by atoms with Crippen LogP contribution in [0, 0.1) is 0 Å². The van der Waals surface area contributed by atoms with Crippen LogP contribution >= 0.6 is 0 Å². The Kier molecular flexibility index (Phi) is 4.86. The maximum atomic E-state index is 12.2. The molecule has 0 aliphatic rings. The van der Waals surface area contributed by atoms with Gasteiger partial charge >= 0.3 is 6.18 Å². The maximum absolute atomic E-state index is 12.2. The van der Waals surface area contributed by atoms with Gasteiger partial charge in [0, 0.05) is 12.5 Å². The minimum atomic E-state index is -4.42. The zero-order chi connectivity index (χ0) is 12.9. The van der Waals surface area contributed by atoms with Crippen LogP contribution in [0.2, 0.25) is 0 Å². The number of hydrogen-bond donors (Lipinski definition) is 1. The van der Waals surface area contributed by atoms with Gasteiger partial charge in [-0.2, -0.15) is 18.3 Å². The first-order chi connectivity index (χ1) is 7.93. The Morgan fingerprint density at radius 3 is 2.47 bits per heavy atom. The summed E-state index contributed by atoms with van der Waals surface area (Å²) in [5.41, 5.74) is -0.385. The number of hydrogen-bond acceptors (Lipinski definition) is 3. The average molecular weight is 247 g/mol. The third-order valence-electron chi connectivity index (χ3n) is 2.27. The quantitative estimate of drug-likeness (QED) is 0.868. The molecule has 0 saturated carbocycles. The van der Waals surface area contributed by atoms with Crippen LogP contribution in [0.4, 0.5) is 13.2 Å². The van der Waals surface area contributed by atoms with Crippen molar-refractivity contribution in [2.24, 2.45) is 0 Å². The van der Waals surface area contributed by atoms with E-state index >= 15 is 0 Å². The van der Waals surface area contributed by atoms with E-state index in [1.165, 1.54) is 6.07 Å². The lowest BCUT2D eigenvalue weighted by Crippen LogP contribution is -2.29. The van der Waals surface area contributed by atoms with Gasteiger partial charge < -0.3 is 5.32 Å². The van der Waals surface area contributed by atoms with E-state index in [2.05, 4.69) is 22.4 Å². The molecule has 0 bridgehead atoms.